The van der Waals surface area contributed by atoms with Gasteiger partial charge in [-0.2, -0.15) is 0 Å². The average molecular weight is 309 g/mol. The first-order valence-corrected chi connectivity index (χ1v) is 10.2. The summed E-state index contributed by atoms with van der Waals surface area (Å²) in [6.07, 6.45) is 11.7. The van der Waals surface area contributed by atoms with Crippen LogP contribution in [0.1, 0.15) is 39.0 Å². The molecular formula is C13H24O2S3. The van der Waals surface area contributed by atoms with Gasteiger partial charge in [0.05, 0.1) is 6.42 Å². The van der Waals surface area contributed by atoms with Gasteiger partial charge < -0.3 is 4.74 Å². The molecule has 1 aliphatic rings. The number of carbonyl (C=O) groups is 1. The number of carbonyl (C=O) groups excluding carboxylic acids is 1. The van der Waals surface area contributed by atoms with E-state index in [1.807, 2.05) is 35.3 Å². The maximum absolute atomic E-state index is 11.6. The molecule has 2 nitrogen and oxygen atoms in total. The topological polar surface area (TPSA) is 26.3 Å². The quantitative estimate of drug-likeness (QED) is 0.379. The molecule has 0 radical (unpaired) electrons. The molecule has 1 heterocycles. The minimum atomic E-state index is -0.0111. The van der Waals surface area contributed by atoms with Gasteiger partial charge >= 0.3 is 5.97 Å². The van der Waals surface area contributed by atoms with Crippen LogP contribution in [0.4, 0.5) is 0 Å². The van der Waals surface area contributed by atoms with Gasteiger partial charge in [0.1, 0.15) is 9.52 Å². The zero-order valence-corrected chi connectivity index (χ0v) is 14.2. The predicted octanol–water partition coefficient (Wildman–Crippen LogP) is 4.24. The molecule has 1 saturated heterocycles. The van der Waals surface area contributed by atoms with Crippen LogP contribution in [0.15, 0.2) is 0 Å². The van der Waals surface area contributed by atoms with Crippen molar-refractivity contribution >= 4 is 41.3 Å². The van der Waals surface area contributed by atoms with E-state index in [1.165, 1.54) is 12.8 Å². The molecule has 0 unspecified atom stereocenters. The van der Waals surface area contributed by atoms with Gasteiger partial charge in [0.15, 0.2) is 0 Å². The summed E-state index contributed by atoms with van der Waals surface area (Å²) < 4.78 is 5.61. The highest BCUT2D eigenvalue weighted by Gasteiger charge is 2.48. The molecule has 0 aromatic carbocycles. The minimum Gasteiger partial charge on any atom is -0.462 e. The highest BCUT2D eigenvalue weighted by atomic mass is 32.3. The monoisotopic (exact) mass is 308 g/mol. The number of rotatable bonds is 8. The number of ether oxygens (including phenoxy) is 1. The molecule has 0 bridgehead atoms. The van der Waals surface area contributed by atoms with E-state index in [0.717, 1.165) is 12.8 Å². The van der Waals surface area contributed by atoms with Gasteiger partial charge in [0.2, 0.25) is 0 Å². The number of hydrogen-bond donors (Lipinski definition) is 0. The van der Waals surface area contributed by atoms with Gasteiger partial charge in [-0.05, 0) is 31.6 Å². The van der Waals surface area contributed by atoms with Gasteiger partial charge in [-0.15, -0.1) is 35.3 Å². The summed E-state index contributed by atoms with van der Waals surface area (Å²) in [4.78, 5) is 11.6. The standard InChI is InChI=1S/C13H24O2S3/c1-5-6-7-8-11-10(9-12(14)15-11)13(16-2,17-3)18-4/h10-11H,5-9H2,1-4H3/t10-,11+/m1/s1. The Hall–Kier alpha value is 0.520. The summed E-state index contributed by atoms with van der Waals surface area (Å²) in [5, 5.41) is 0. The fourth-order valence-electron chi connectivity index (χ4n) is 2.52. The SMILES string of the molecule is CCCCC[C@@H]1OC(=O)C[C@H]1C(SC)(SC)SC. The molecule has 1 fully saturated rings. The van der Waals surface area contributed by atoms with Gasteiger partial charge in [0, 0.05) is 5.92 Å². The van der Waals surface area contributed by atoms with E-state index in [4.69, 9.17) is 4.74 Å². The first-order chi connectivity index (χ1) is 8.63. The largest absolute Gasteiger partial charge is 0.462 e. The fourth-order valence-corrected chi connectivity index (χ4v) is 6.14. The van der Waals surface area contributed by atoms with E-state index in [2.05, 4.69) is 25.7 Å². The summed E-state index contributed by atoms with van der Waals surface area (Å²) >= 11 is 5.56. The van der Waals surface area contributed by atoms with Crippen LogP contribution in [-0.2, 0) is 9.53 Å². The Bertz CT molecular complexity index is 259. The summed E-state index contributed by atoms with van der Waals surface area (Å²) in [5.74, 6) is 0.324. The van der Waals surface area contributed by atoms with Crippen LogP contribution >= 0.6 is 35.3 Å². The number of esters is 1. The molecule has 5 heteroatoms. The van der Waals surface area contributed by atoms with Crippen LogP contribution < -0.4 is 0 Å². The second kappa shape index (κ2) is 7.95. The Labute approximate surface area is 124 Å². The highest BCUT2D eigenvalue weighted by molar-refractivity contribution is 8.33. The number of hydrogen-bond acceptors (Lipinski definition) is 5. The molecule has 0 N–H and O–H groups in total. The fraction of sp³-hybridized carbons (Fsp3) is 0.923. The lowest BCUT2D eigenvalue weighted by atomic mass is 9.98. The third kappa shape index (κ3) is 3.76. The van der Waals surface area contributed by atoms with Gasteiger partial charge in [-0.3, -0.25) is 4.79 Å². The van der Waals surface area contributed by atoms with Crippen LogP contribution in [0.2, 0.25) is 0 Å². The van der Waals surface area contributed by atoms with Crippen molar-refractivity contribution < 1.29 is 9.53 Å². The van der Waals surface area contributed by atoms with Crippen molar-refractivity contribution in [3.05, 3.63) is 0 Å². The Morgan fingerprint density at radius 2 is 1.83 bits per heavy atom. The Morgan fingerprint density at radius 3 is 2.33 bits per heavy atom. The van der Waals surface area contributed by atoms with Crippen molar-refractivity contribution in [3.63, 3.8) is 0 Å². The molecule has 0 aliphatic carbocycles. The molecule has 1 rings (SSSR count). The van der Waals surface area contributed by atoms with E-state index in [9.17, 15) is 4.79 Å². The summed E-state index contributed by atoms with van der Waals surface area (Å²) in [7, 11) is 0. The molecule has 0 saturated carbocycles. The van der Waals surface area contributed by atoms with Crippen molar-refractivity contribution in [2.45, 2.75) is 48.5 Å². The smallest absolute Gasteiger partial charge is 0.306 e. The number of unbranched alkanes of at least 4 members (excludes halogenated alkanes) is 2. The third-order valence-corrected chi connectivity index (χ3v) is 9.13. The minimum absolute atomic E-state index is 0.0111. The van der Waals surface area contributed by atoms with E-state index in [0.29, 0.717) is 12.3 Å². The highest BCUT2D eigenvalue weighted by Crippen LogP contribution is 2.54. The second-order valence-corrected chi connectivity index (χ2v) is 8.48. The number of thioether (sulfide) groups is 3. The van der Waals surface area contributed by atoms with Crippen molar-refractivity contribution in [2.75, 3.05) is 18.8 Å². The molecular weight excluding hydrogens is 284 g/mol. The van der Waals surface area contributed by atoms with E-state index >= 15 is 0 Å². The molecule has 0 aromatic rings. The van der Waals surface area contributed by atoms with Crippen LogP contribution in [0, 0.1) is 5.92 Å². The third-order valence-electron chi connectivity index (χ3n) is 3.52. The maximum atomic E-state index is 11.6. The Kier molecular flexibility index (Phi) is 7.32. The van der Waals surface area contributed by atoms with Crippen molar-refractivity contribution in [2.24, 2.45) is 5.92 Å². The Balaban J connectivity index is 2.72. The molecule has 1 aliphatic heterocycles. The molecule has 0 amide bonds. The van der Waals surface area contributed by atoms with E-state index in [-0.39, 0.29) is 15.5 Å². The van der Waals surface area contributed by atoms with Gasteiger partial charge in [-0.25, -0.2) is 0 Å². The van der Waals surface area contributed by atoms with Crippen LogP contribution in [0.25, 0.3) is 0 Å². The Morgan fingerprint density at radius 1 is 1.22 bits per heavy atom. The van der Waals surface area contributed by atoms with Crippen molar-refractivity contribution in [1.29, 1.82) is 0 Å². The average Bonchev–Trinajstić information content (AvgIpc) is 2.75. The zero-order chi connectivity index (χ0) is 13.6. The lowest BCUT2D eigenvalue weighted by Gasteiger charge is -2.36. The zero-order valence-electron chi connectivity index (χ0n) is 11.7. The molecule has 106 valence electrons. The van der Waals surface area contributed by atoms with E-state index < -0.39 is 0 Å². The lowest BCUT2D eigenvalue weighted by molar-refractivity contribution is -0.141. The maximum Gasteiger partial charge on any atom is 0.306 e. The van der Waals surface area contributed by atoms with Gasteiger partial charge in [0.25, 0.3) is 0 Å². The molecule has 0 spiro atoms. The molecule has 0 aromatic heterocycles. The van der Waals surface area contributed by atoms with Crippen LogP contribution in [-0.4, -0.2) is 34.3 Å². The summed E-state index contributed by atoms with van der Waals surface area (Å²) in [5.41, 5.74) is 0. The van der Waals surface area contributed by atoms with Crippen LogP contribution in [0.3, 0.4) is 0 Å². The van der Waals surface area contributed by atoms with Crippen LogP contribution in [0.5, 0.6) is 0 Å². The number of cyclic esters (lactones) is 1. The van der Waals surface area contributed by atoms with Crippen molar-refractivity contribution in [3.8, 4) is 0 Å². The second-order valence-electron chi connectivity index (χ2n) is 4.55. The normalized spacial score (nSPS) is 24.3. The molecule has 2 atom stereocenters. The van der Waals surface area contributed by atoms with E-state index in [1.54, 1.807) is 0 Å². The lowest BCUT2D eigenvalue weighted by Crippen LogP contribution is -2.33. The van der Waals surface area contributed by atoms with Gasteiger partial charge in [-0.1, -0.05) is 19.8 Å². The predicted molar refractivity (Wildman–Crippen MR) is 85.4 cm³/mol. The summed E-state index contributed by atoms with van der Waals surface area (Å²) in [6, 6.07) is 0. The molecule has 18 heavy (non-hydrogen) atoms. The first kappa shape index (κ1) is 16.6. The summed E-state index contributed by atoms with van der Waals surface area (Å²) in [6.45, 7) is 2.20. The van der Waals surface area contributed by atoms with Crippen molar-refractivity contribution in [1.82, 2.24) is 0 Å². The first-order valence-electron chi connectivity index (χ1n) is 6.48.